The van der Waals surface area contributed by atoms with E-state index in [9.17, 15) is 4.79 Å². The minimum Gasteiger partial charge on any atom is -0.487 e. The Labute approximate surface area is 123 Å². The minimum absolute atomic E-state index is 0.221. The van der Waals surface area contributed by atoms with Crippen LogP contribution >= 0.6 is 11.6 Å². The van der Waals surface area contributed by atoms with E-state index >= 15 is 0 Å². The highest BCUT2D eigenvalue weighted by molar-refractivity contribution is 6.32. The first-order valence-electron chi connectivity index (χ1n) is 6.36. The van der Waals surface area contributed by atoms with Crippen molar-refractivity contribution < 1.29 is 23.7 Å². The molecule has 0 unspecified atom stereocenters. The first-order chi connectivity index (χ1) is 9.62. The molecule has 0 amide bonds. The van der Waals surface area contributed by atoms with Crippen LogP contribution < -0.4 is 4.74 Å². The van der Waals surface area contributed by atoms with Gasteiger partial charge < -0.3 is 18.9 Å². The first-order valence-corrected chi connectivity index (χ1v) is 6.74. The van der Waals surface area contributed by atoms with Gasteiger partial charge in [0.1, 0.15) is 12.4 Å². The van der Waals surface area contributed by atoms with E-state index < -0.39 is 12.3 Å². The van der Waals surface area contributed by atoms with Gasteiger partial charge in [-0.2, -0.15) is 0 Å². The van der Waals surface area contributed by atoms with E-state index in [1.54, 1.807) is 12.1 Å². The Morgan fingerprint density at radius 1 is 1.25 bits per heavy atom. The molecule has 0 saturated carbocycles. The summed E-state index contributed by atoms with van der Waals surface area (Å²) in [6, 6.07) is 4.70. The van der Waals surface area contributed by atoms with Crippen LogP contribution in [0.3, 0.4) is 0 Å². The topological polar surface area (TPSA) is 54.0 Å². The van der Waals surface area contributed by atoms with Crippen LogP contribution in [0.2, 0.25) is 5.02 Å². The fraction of sp³-hybridized carbons (Fsp3) is 0.500. The van der Waals surface area contributed by atoms with E-state index in [0.29, 0.717) is 29.5 Å². The number of carbonyl (C=O) groups is 1. The highest BCUT2D eigenvalue weighted by Gasteiger charge is 2.12. The van der Waals surface area contributed by atoms with Gasteiger partial charge in [0.15, 0.2) is 6.29 Å². The Kier molecular flexibility index (Phi) is 7.36. The molecule has 0 atom stereocenters. The third kappa shape index (κ3) is 5.00. The Morgan fingerprint density at radius 3 is 2.40 bits per heavy atom. The fourth-order valence-corrected chi connectivity index (χ4v) is 1.77. The van der Waals surface area contributed by atoms with Gasteiger partial charge >= 0.3 is 5.97 Å². The second-order valence-corrected chi connectivity index (χ2v) is 4.20. The lowest BCUT2D eigenvalue weighted by atomic mass is 10.2. The van der Waals surface area contributed by atoms with Crippen molar-refractivity contribution in [2.75, 3.05) is 26.9 Å². The molecule has 5 nitrogen and oxygen atoms in total. The van der Waals surface area contributed by atoms with Gasteiger partial charge in [0.25, 0.3) is 0 Å². The van der Waals surface area contributed by atoms with E-state index in [0.717, 1.165) is 0 Å². The molecule has 1 aromatic rings. The van der Waals surface area contributed by atoms with Gasteiger partial charge in [0.2, 0.25) is 0 Å². The monoisotopic (exact) mass is 302 g/mol. The smallest absolute Gasteiger partial charge is 0.337 e. The normalized spacial score (nSPS) is 10.7. The summed E-state index contributed by atoms with van der Waals surface area (Å²) in [6.45, 7) is 5.04. The Morgan fingerprint density at radius 2 is 1.90 bits per heavy atom. The number of hydrogen-bond acceptors (Lipinski definition) is 5. The zero-order valence-electron chi connectivity index (χ0n) is 11.8. The van der Waals surface area contributed by atoms with Crippen LogP contribution in [-0.2, 0) is 14.2 Å². The van der Waals surface area contributed by atoms with Gasteiger partial charge in [-0.3, -0.25) is 0 Å². The molecule has 0 heterocycles. The molecule has 0 aliphatic rings. The van der Waals surface area contributed by atoms with Gasteiger partial charge in [-0.15, -0.1) is 0 Å². The van der Waals surface area contributed by atoms with Crippen LogP contribution in [-0.4, -0.2) is 39.2 Å². The maximum absolute atomic E-state index is 11.4. The van der Waals surface area contributed by atoms with Crippen LogP contribution in [0.15, 0.2) is 18.2 Å². The second-order valence-electron chi connectivity index (χ2n) is 3.79. The summed E-state index contributed by atoms with van der Waals surface area (Å²) in [4.78, 5) is 11.4. The lowest BCUT2D eigenvalue weighted by Gasteiger charge is -2.18. The molecule has 0 fully saturated rings. The lowest BCUT2D eigenvalue weighted by Crippen LogP contribution is -2.25. The molecule has 0 aliphatic carbocycles. The van der Waals surface area contributed by atoms with Crippen molar-refractivity contribution in [1.29, 1.82) is 0 Å². The predicted octanol–water partition coefficient (Wildman–Crippen LogP) is 2.90. The predicted molar refractivity (Wildman–Crippen MR) is 75.3 cm³/mol. The van der Waals surface area contributed by atoms with Gasteiger partial charge in [-0.05, 0) is 32.0 Å². The summed E-state index contributed by atoms with van der Waals surface area (Å²) < 4.78 is 20.9. The maximum Gasteiger partial charge on any atom is 0.337 e. The van der Waals surface area contributed by atoms with Crippen LogP contribution in [0, 0.1) is 0 Å². The Balaban J connectivity index is 2.65. The number of halogens is 1. The molecular formula is C14H19ClO5. The van der Waals surface area contributed by atoms with E-state index in [1.165, 1.54) is 13.2 Å². The van der Waals surface area contributed by atoms with Crippen molar-refractivity contribution >= 4 is 17.6 Å². The number of rotatable bonds is 8. The van der Waals surface area contributed by atoms with E-state index in [-0.39, 0.29) is 6.61 Å². The molecule has 112 valence electrons. The second kappa shape index (κ2) is 8.79. The molecule has 0 spiro atoms. The molecule has 0 aromatic heterocycles. The fourth-order valence-electron chi connectivity index (χ4n) is 1.54. The molecule has 0 bridgehead atoms. The van der Waals surface area contributed by atoms with Crippen LogP contribution in [0.4, 0.5) is 0 Å². The summed E-state index contributed by atoms with van der Waals surface area (Å²) in [7, 11) is 1.31. The maximum atomic E-state index is 11.4. The third-order valence-electron chi connectivity index (χ3n) is 2.43. The average Bonchev–Trinajstić information content (AvgIpc) is 2.45. The minimum atomic E-state index is -0.444. The van der Waals surface area contributed by atoms with E-state index in [1.807, 2.05) is 13.8 Å². The van der Waals surface area contributed by atoms with Crippen molar-refractivity contribution in [3.05, 3.63) is 28.8 Å². The largest absolute Gasteiger partial charge is 0.487 e. The average molecular weight is 303 g/mol. The quantitative estimate of drug-likeness (QED) is 0.546. The summed E-state index contributed by atoms with van der Waals surface area (Å²) in [6.07, 6.45) is -0.443. The zero-order valence-corrected chi connectivity index (χ0v) is 12.6. The summed E-state index contributed by atoms with van der Waals surface area (Å²) in [5.41, 5.74) is 0.371. The van der Waals surface area contributed by atoms with Crippen molar-refractivity contribution in [3.63, 3.8) is 0 Å². The summed E-state index contributed by atoms with van der Waals surface area (Å²) in [5.74, 6) is 0.0173. The van der Waals surface area contributed by atoms with Gasteiger partial charge in [0.05, 0.1) is 17.7 Å². The molecule has 0 radical (unpaired) electrons. The highest BCUT2D eigenvalue weighted by Crippen LogP contribution is 2.26. The third-order valence-corrected chi connectivity index (χ3v) is 2.73. The molecular weight excluding hydrogens is 284 g/mol. The molecule has 20 heavy (non-hydrogen) atoms. The zero-order chi connectivity index (χ0) is 15.0. The van der Waals surface area contributed by atoms with E-state index in [2.05, 4.69) is 4.74 Å². The van der Waals surface area contributed by atoms with Crippen LogP contribution in [0.5, 0.6) is 5.75 Å². The van der Waals surface area contributed by atoms with Crippen molar-refractivity contribution in [1.82, 2.24) is 0 Å². The van der Waals surface area contributed by atoms with Crippen LogP contribution in [0.1, 0.15) is 24.2 Å². The van der Waals surface area contributed by atoms with E-state index in [4.69, 9.17) is 25.8 Å². The van der Waals surface area contributed by atoms with Crippen molar-refractivity contribution in [3.8, 4) is 5.75 Å². The molecule has 1 rings (SSSR count). The SMILES string of the molecule is CCOC(COc1ccc(C(=O)OC)cc1Cl)OCC. The van der Waals surface area contributed by atoms with Gasteiger partial charge in [-0.1, -0.05) is 11.6 Å². The first kappa shape index (κ1) is 16.8. The standard InChI is InChI=1S/C14H19ClO5/c1-4-18-13(19-5-2)9-20-12-7-6-10(8-11(12)15)14(16)17-3/h6-8,13H,4-5,9H2,1-3H3. The number of hydrogen-bond donors (Lipinski definition) is 0. The molecule has 0 aliphatic heterocycles. The Hall–Kier alpha value is -1.30. The molecule has 6 heteroatoms. The number of ether oxygens (including phenoxy) is 4. The number of esters is 1. The van der Waals surface area contributed by atoms with Crippen molar-refractivity contribution in [2.24, 2.45) is 0 Å². The molecule has 0 N–H and O–H groups in total. The van der Waals surface area contributed by atoms with Crippen molar-refractivity contribution in [2.45, 2.75) is 20.1 Å². The molecule has 1 aromatic carbocycles. The Bertz CT molecular complexity index is 430. The van der Waals surface area contributed by atoms with Gasteiger partial charge in [0, 0.05) is 13.2 Å². The number of carbonyl (C=O) groups excluding carboxylic acids is 1. The molecule has 0 saturated heterocycles. The van der Waals surface area contributed by atoms with Crippen LogP contribution in [0.25, 0.3) is 0 Å². The lowest BCUT2D eigenvalue weighted by molar-refractivity contribution is -0.152. The summed E-state index contributed by atoms with van der Waals surface area (Å²) in [5, 5.41) is 0.333. The highest BCUT2D eigenvalue weighted by atomic mass is 35.5. The summed E-state index contributed by atoms with van der Waals surface area (Å²) >= 11 is 6.05. The number of methoxy groups -OCH3 is 1. The number of benzene rings is 1. The van der Waals surface area contributed by atoms with Gasteiger partial charge in [-0.25, -0.2) is 4.79 Å².